The van der Waals surface area contributed by atoms with Gasteiger partial charge in [0, 0.05) is 27.5 Å². The van der Waals surface area contributed by atoms with E-state index in [4.69, 9.17) is 14.6 Å². The highest BCUT2D eigenvalue weighted by Crippen LogP contribution is 2.24. The zero-order chi connectivity index (χ0) is 17.0. The van der Waals surface area contributed by atoms with Crippen molar-refractivity contribution in [2.24, 2.45) is 0 Å². The van der Waals surface area contributed by atoms with Crippen molar-refractivity contribution in [2.75, 3.05) is 13.2 Å². The van der Waals surface area contributed by atoms with Gasteiger partial charge in [-0.25, -0.2) is 9.78 Å². The van der Waals surface area contributed by atoms with E-state index in [0.717, 1.165) is 6.04 Å². The summed E-state index contributed by atoms with van der Waals surface area (Å²) in [6.07, 6.45) is 1.51. The van der Waals surface area contributed by atoms with Gasteiger partial charge < -0.3 is 19.1 Å². The van der Waals surface area contributed by atoms with Gasteiger partial charge in [0.2, 0.25) is 0 Å². The molecule has 0 bridgehead atoms. The molecule has 0 spiro atoms. The standard InChI is InChI=1S/C15H28N2O4Si/c1-7-21-15(2,3)14-16-12(13(18)19)10-17(14)11-20-8-9-22(4,5)6/h10H,7-9,11H2,1-6H3,(H,18,19). The monoisotopic (exact) mass is 328 g/mol. The van der Waals surface area contributed by atoms with Crippen LogP contribution in [0.4, 0.5) is 0 Å². The second-order valence-corrected chi connectivity index (χ2v) is 12.6. The van der Waals surface area contributed by atoms with Crippen LogP contribution < -0.4 is 0 Å². The van der Waals surface area contributed by atoms with Crippen LogP contribution in [-0.2, 0) is 21.8 Å². The van der Waals surface area contributed by atoms with Gasteiger partial charge in [-0.05, 0) is 26.8 Å². The second-order valence-electron chi connectivity index (χ2n) is 7.02. The van der Waals surface area contributed by atoms with E-state index >= 15 is 0 Å². The smallest absolute Gasteiger partial charge is 0.356 e. The summed E-state index contributed by atoms with van der Waals surface area (Å²) in [6, 6.07) is 1.07. The highest BCUT2D eigenvalue weighted by atomic mass is 28.3. The Morgan fingerprint density at radius 2 is 2.05 bits per heavy atom. The summed E-state index contributed by atoms with van der Waals surface area (Å²) in [5.41, 5.74) is -0.651. The molecule has 6 nitrogen and oxygen atoms in total. The van der Waals surface area contributed by atoms with Crippen molar-refractivity contribution < 1.29 is 19.4 Å². The Morgan fingerprint density at radius 1 is 1.41 bits per heavy atom. The van der Waals surface area contributed by atoms with E-state index in [-0.39, 0.29) is 12.4 Å². The molecule has 0 aliphatic heterocycles. The van der Waals surface area contributed by atoms with Gasteiger partial charge in [-0.15, -0.1) is 0 Å². The lowest BCUT2D eigenvalue weighted by Crippen LogP contribution is -2.27. The minimum absolute atomic E-state index is 0.0107. The van der Waals surface area contributed by atoms with Crippen molar-refractivity contribution in [3.05, 3.63) is 17.7 Å². The molecule has 0 fully saturated rings. The summed E-state index contributed by atoms with van der Waals surface area (Å²) in [4.78, 5) is 15.4. The summed E-state index contributed by atoms with van der Waals surface area (Å²) in [6.45, 7) is 14.0. The van der Waals surface area contributed by atoms with Gasteiger partial charge in [-0.1, -0.05) is 19.6 Å². The third-order valence-electron chi connectivity index (χ3n) is 3.27. The molecule has 126 valence electrons. The molecule has 0 aromatic carbocycles. The minimum atomic E-state index is -1.14. The van der Waals surface area contributed by atoms with E-state index in [1.165, 1.54) is 6.20 Å². The van der Waals surface area contributed by atoms with E-state index in [2.05, 4.69) is 24.6 Å². The van der Waals surface area contributed by atoms with Crippen LogP contribution in [0.2, 0.25) is 25.7 Å². The van der Waals surface area contributed by atoms with Crippen molar-refractivity contribution in [1.82, 2.24) is 9.55 Å². The van der Waals surface area contributed by atoms with Crippen molar-refractivity contribution >= 4 is 14.0 Å². The summed E-state index contributed by atoms with van der Waals surface area (Å²) in [5.74, 6) is -0.478. The molecule has 1 N–H and O–H groups in total. The predicted octanol–water partition coefficient (Wildman–Crippen LogP) is 3.17. The average Bonchev–Trinajstić information content (AvgIpc) is 2.78. The minimum Gasteiger partial charge on any atom is -0.476 e. The molecule has 0 aliphatic rings. The van der Waals surface area contributed by atoms with Crippen LogP contribution in [0.15, 0.2) is 6.20 Å². The van der Waals surface area contributed by atoms with E-state index in [1.54, 1.807) is 4.57 Å². The fourth-order valence-corrected chi connectivity index (χ4v) is 2.82. The predicted molar refractivity (Wildman–Crippen MR) is 87.9 cm³/mol. The maximum absolute atomic E-state index is 11.2. The Hall–Kier alpha value is -1.18. The number of hydrogen-bond acceptors (Lipinski definition) is 4. The molecule has 22 heavy (non-hydrogen) atoms. The molecule has 1 aromatic heterocycles. The molecule has 7 heteroatoms. The highest BCUT2D eigenvalue weighted by Gasteiger charge is 2.28. The van der Waals surface area contributed by atoms with E-state index in [9.17, 15) is 4.79 Å². The molecule has 0 amide bonds. The van der Waals surface area contributed by atoms with Gasteiger partial charge in [0.05, 0.1) is 0 Å². The number of hydrogen-bond donors (Lipinski definition) is 1. The number of aromatic carboxylic acids is 1. The van der Waals surface area contributed by atoms with Crippen LogP contribution >= 0.6 is 0 Å². The zero-order valence-electron chi connectivity index (χ0n) is 14.5. The van der Waals surface area contributed by atoms with E-state index in [0.29, 0.717) is 19.0 Å². The molecule has 0 aliphatic carbocycles. The quantitative estimate of drug-likeness (QED) is 0.557. The van der Waals surface area contributed by atoms with Crippen molar-refractivity contribution in [1.29, 1.82) is 0 Å². The largest absolute Gasteiger partial charge is 0.476 e. The van der Waals surface area contributed by atoms with Gasteiger partial charge in [0.25, 0.3) is 0 Å². The Labute approximate surface area is 133 Å². The fourth-order valence-electron chi connectivity index (χ4n) is 2.06. The van der Waals surface area contributed by atoms with Crippen LogP contribution in [0.25, 0.3) is 0 Å². The van der Waals surface area contributed by atoms with Gasteiger partial charge >= 0.3 is 5.97 Å². The maximum atomic E-state index is 11.2. The van der Waals surface area contributed by atoms with Crippen molar-refractivity contribution in [3.8, 4) is 0 Å². The van der Waals surface area contributed by atoms with Gasteiger partial charge in [0.15, 0.2) is 5.69 Å². The van der Waals surface area contributed by atoms with Gasteiger partial charge in [0.1, 0.15) is 18.2 Å². The number of carbonyl (C=O) groups is 1. The number of carboxylic acid groups (broad SMARTS) is 1. The number of rotatable bonds is 9. The molecule has 0 saturated carbocycles. The molecular formula is C15H28N2O4Si. The summed E-state index contributed by atoms with van der Waals surface area (Å²) >= 11 is 0. The molecule has 0 atom stereocenters. The number of aromatic nitrogens is 2. The first-order chi connectivity index (χ1) is 10.1. The summed E-state index contributed by atoms with van der Waals surface area (Å²) in [5, 5.41) is 9.14. The number of imidazole rings is 1. The molecule has 1 aromatic rings. The zero-order valence-corrected chi connectivity index (χ0v) is 15.5. The lowest BCUT2D eigenvalue weighted by atomic mass is 10.1. The average molecular weight is 328 g/mol. The first-order valence-corrected chi connectivity index (χ1v) is 11.3. The third kappa shape index (κ3) is 5.55. The molecule has 0 saturated heterocycles. The lowest BCUT2D eigenvalue weighted by molar-refractivity contribution is -0.0289. The first-order valence-electron chi connectivity index (χ1n) is 7.59. The van der Waals surface area contributed by atoms with Crippen LogP contribution in [0.1, 0.15) is 37.1 Å². The van der Waals surface area contributed by atoms with Crippen LogP contribution in [-0.4, -0.2) is 41.9 Å². The topological polar surface area (TPSA) is 73.6 Å². The Morgan fingerprint density at radius 3 is 2.55 bits per heavy atom. The van der Waals surface area contributed by atoms with Crippen LogP contribution in [0.5, 0.6) is 0 Å². The SMILES string of the molecule is CCOC(C)(C)c1nc(C(=O)O)cn1COCC[Si](C)(C)C. The Balaban J connectivity index is 2.85. The first kappa shape index (κ1) is 18.9. The number of nitrogens with zero attached hydrogens (tertiary/aromatic N) is 2. The second kappa shape index (κ2) is 7.39. The third-order valence-corrected chi connectivity index (χ3v) is 4.97. The van der Waals surface area contributed by atoms with Gasteiger partial charge in [-0.3, -0.25) is 0 Å². The number of ether oxygens (including phenoxy) is 2. The van der Waals surface area contributed by atoms with E-state index in [1.807, 2.05) is 20.8 Å². The van der Waals surface area contributed by atoms with E-state index < -0.39 is 19.6 Å². The Bertz CT molecular complexity index is 506. The molecule has 1 heterocycles. The number of carboxylic acids is 1. The van der Waals surface area contributed by atoms with Crippen molar-refractivity contribution in [3.63, 3.8) is 0 Å². The molecule has 1 rings (SSSR count). The highest BCUT2D eigenvalue weighted by molar-refractivity contribution is 6.76. The van der Waals surface area contributed by atoms with Crippen molar-refractivity contribution in [2.45, 2.75) is 58.8 Å². The Kier molecular flexibility index (Phi) is 6.34. The maximum Gasteiger partial charge on any atom is 0.356 e. The lowest BCUT2D eigenvalue weighted by Gasteiger charge is -2.25. The molecule has 0 radical (unpaired) electrons. The fraction of sp³-hybridized carbons (Fsp3) is 0.733. The molecule has 0 unspecified atom stereocenters. The van der Waals surface area contributed by atoms with Crippen LogP contribution in [0.3, 0.4) is 0 Å². The van der Waals surface area contributed by atoms with Crippen LogP contribution in [0, 0.1) is 0 Å². The van der Waals surface area contributed by atoms with Gasteiger partial charge in [-0.2, -0.15) is 0 Å². The summed E-state index contributed by atoms with van der Waals surface area (Å²) < 4.78 is 13.1. The molecular weight excluding hydrogens is 300 g/mol. The summed E-state index contributed by atoms with van der Waals surface area (Å²) in [7, 11) is -1.14. The normalized spacial score (nSPS) is 12.6.